The maximum Gasteiger partial charge on any atom is 0.106 e. The number of hydrogen-bond donors (Lipinski definition) is 3. The third-order valence-electron chi connectivity index (χ3n) is 2.63. The Morgan fingerprint density at radius 1 is 1.24 bits per heavy atom. The van der Waals surface area contributed by atoms with Crippen LogP contribution in [0, 0.1) is 0 Å². The molecule has 2 unspecified atom stereocenters. The molecule has 0 aliphatic rings. The number of nitrogens with zero attached hydrogens (tertiary/aromatic N) is 1. The minimum atomic E-state index is -0.968. The van der Waals surface area contributed by atoms with Gasteiger partial charge in [0.25, 0.3) is 0 Å². The topological polar surface area (TPSA) is 63.9 Å². The number of benzene rings is 1. The standard InChI is InChI=1S/C12H18ClNO3/c1-14(6-7-15)10-4-2-9(3-5-10)12(17)11(16)8-13/h2-5,11-12,15-17H,6-8H2,1H3. The first-order valence-corrected chi connectivity index (χ1v) is 5.97. The molecule has 0 spiro atoms. The number of halogens is 1. The van der Waals surface area contributed by atoms with Crippen LogP contribution in [0.4, 0.5) is 5.69 Å². The van der Waals surface area contributed by atoms with E-state index < -0.39 is 12.2 Å². The smallest absolute Gasteiger partial charge is 0.106 e. The molecule has 0 fully saturated rings. The number of alkyl halides is 1. The van der Waals surface area contributed by atoms with Gasteiger partial charge in [-0.1, -0.05) is 12.1 Å². The molecule has 2 atom stereocenters. The first-order valence-electron chi connectivity index (χ1n) is 5.44. The van der Waals surface area contributed by atoms with Crippen molar-refractivity contribution in [1.82, 2.24) is 0 Å². The summed E-state index contributed by atoms with van der Waals surface area (Å²) in [6.07, 6.45) is -1.93. The zero-order valence-electron chi connectivity index (χ0n) is 9.75. The summed E-state index contributed by atoms with van der Waals surface area (Å²) in [5.41, 5.74) is 1.56. The molecule has 0 radical (unpaired) electrons. The summed E-state index contributed by atoms with van der Waals surface area (Å²) in [4.78, 5) is 1.90. The lowest BCUT2D eigenvalue weighted by molar-refractivity contribution is 0.0327. The van der Waals surface area contributed by atoms with E-state index in [0.29, 0.717) is 12.1 Å². The van der Waals surface area contributed by atoms with E-state index in [1.165, 1.54) is 0 Å². The Morgan fingerprint density at radius 3 is 2.29 bits per heavy atom. The average Bonchev–Trinajstić information content (AvgIpc) is 2.37. The van der Waals surface area contributed by atoms with E-state index in [1.807, 2.05) is 24.1 Å². The molecule has 1 aromatic carbocycles. The van der Waals surface area contributed by atoms with Crippen LogP contribution in [0.5, 0.6) is 0 Å². The van der Waals surface area contributed by atoms with Gasteiger partial charge >= 0.3 is 0 Å². The highest BCUT2D eigenvalue weighted by atomic mass is 35.5. The van der Waals surface area contributed by atoms with Gasteiger partial charge in [-0.3, -0.25) is 0 Å². The molecule has 0 saturated heterocycles. The van der Waals surface area contributed by atoms with E-state index in [1.54, 1.807) is 12.1 Å². The third kappa shape index (κ3) is 3.85. The highest BCUT2D eigenvalue weighted by molar-refractivity contribution is 6.18. The molecule has 3 N–H and O–H groups in total. The molecule has 0 saturated carbocycles. The first kappa shape index (κ1) is 14.3. The summed E-state index contributed by atoms with van der Waals surface area (Å²) >= 11 is 5.47. The lowest BCUT2D eigenvalue weighted by Crippen LogP contribution is -2.22. The second kappa shape index (κ2) is 6.81. The lowest BCUT2D eigenvalue weighted by atomic mass is 10.0. The van der Waals surface area contributed by atoms with Crippen molar-refractivity contribution in [3.05, 3.63) is 29.8 Å². The number of aliphatic hydroxyl groups excluding tert-OH is 3. The summed E-state index contributed by atoms with van der Waals surface area (Å²) in [6, 6.07) is 7.14. The van der Waals surface area contributed by atoms with Crippen molar-refractivity contribution in [3.8, 4) is 0 Å². The first-order chi connectivity index (χ1) is 8.10. The minimum Gasteiger partial charge on any atom is -0.395 e. The predicted octanol–water partition coefficient (Wildman–Crippen LogP) is 0.748. The van der Waals surface area contributed by atoms with Crippen molar-refractivity contribution >= 4 is 17.3 Å². The molecule has 96 valence electrons. The molecule has 0 heterocycles. The number of rotatable bonds is 6. The van der Waals surface area contributed by atoms with Crippen LogP contribution < -0.4 is 4.90 Å². The number of anilines is 1. The largest absolute Gasteiger partial charge is 0.395 e. The molecule has 5 heteroatoms. The third-order valence-corrected chi connectivity index (χ3v) is 2.95. The summed E-state index contributed by atoms with van der Waals surface area (Å²) < 4.78 is 0. The van der Waals surface area contributed by atoms with Crippen molar-refractivity contribution < 1.29 is 15.3 Å². The lowest BCUT2D eigenvalue weighted by Gasteiger charge is -2.20. The Hall–Kier alpha value is -0.810. The Bertz CT molecular complexity index is 331. The van der Waals surface area contributed by atoms with Gasteiger partial charge in [-0.15, -0.1) is 11.6 Å². The van der Waals surface area contributed by atoms with Gasteiger partial charge in [-0.25, -0.2) is 0 Å². The second-order valence-corrected chi connectivity index (χ2v) is 4.21. The molecule has 0 aliphatic heterocycles. The van der Waals surface area contributed by atoms with Gasteiger partial charge in [-0.2, -0.15) is 0 Å². The molecule has 1 rings (SSSR count). The quantitative estimate of drug-likeness (QED) is 0.660. The van der Waals surface area contributed by atoms with Gasteiger partial charge in [0.2, 0.25) is 0 Å². The van der Waals surface area contributed by atoms with E-state index in [-0.39, 0.29) is 12.5 Å². The van der Waals surface area contributed by atoms with E-state index in [2.05, 4.69) is 0 Å². The van der Waals surface area contributed by atoms with Gasteiger partial charge in [0.1, 0.15) is 6.10 Å². The predicted molar refractivity (Wildman–Crippen MR) is 68.5 cm³/mol. The maximum atomic E-state index is 9.73. The SMILES string of the molecule is CN(CCO)c1ccc(C(O)C(O)CCl)cc1. The monoisotopic (exact) mass is 259 g/mol. The fourth-order valence-electron chi connectivity index (χ4n) is 1.51. The van der Waals surface area contributed by atoms with Crippen molar-refractivity contribution in [1.29, 1.82) is 0 Å². The molecule has 0 aromatic heterocycles. The molecule has 1 aromatic rings. The van der Waals surface area contributed by atoms with Crippen molar-refractivity contribution in [3.63, 3.8) is 0 Å². The van der Waals surface area contributed by atoms with Crippen LogP contribution in [0.25, 0.3) is 0 Å². The van der Waals surface area contributed by atoms with Crippen molar-refractivity contribution in [2.75, 3.05) is 31.0 Å². The Labute approximate surface area is 106 Å². The maximum absolute atomic E-state index is 9.73. The molecule has 4 nitrogen and oxygen atoms in total. The Morgan fingerprint density at radius 2 is 1.82 bits per heavy atom. The zero-order valence-corrected chi connectivity index (χ0v) is 10.5. The number of aliphatic hydroxyl groups is 3. The van der Waals surface area contributed by atoms with Gasteiger partial charge in [0, 0.05) is 19.3 Å². The van der Waals surface area contributed by atoms with Crippen LogP contribution in [0.3, 0.4) is 0 Å². The van der Waals surface area contributed by atoms with Crippen LogP contribution in [0.15, 0.2) is 24.3 Å². The molecule has 0 amide bonds. The van der Waals surface area contributed by atoms with E-state index in [9.17, 15) is 10.2 Å². The molecular formula is C12H18ClNO3. The van der Waals surface area contributed by atoms with E-state index >= 15 is 0 Å². The van der Waals surface area contributed by atoms with Crippen LogP contribution in [-0.4, -0.2) is 47.5 Å². The van der Waals surface area contributed by atoms with Gasteiger partial charge in [0.05, 0.1) is 18.6 Å². The van der Waals surface area contributed by atoms with Gasteiger partial charge < -0.3 is 20.2 Å². The van der Waals surface area contributed by atoms with Crippen LogP contribution >= 0.6 is 11.6 Å². The highest BCUT2D eigenvalue weighted by Crippen LogP contribution is 2.21. The summed E-state index contributed by atoms with van der Waals surface area (Å²) in [5.74, 6) is -0.00661. The van der Waals surface area contributed by atoms with Gasteiger partial charge in [-0.05, 0) is 17.7 Å². The van der Waals surface area contributed by atoms with Crippen LogP contribution in [0.1, 0.15) is 11.7 Å². The Kier molecular flexibility index (Phi) is 5.71. The van der Waals surface area contributed by atoms with Crippen LogP contribution in [-0.2, 0) is 0 Å². The second-order valence-electron chi connectivity index (χ2n) is 3.90. The fraction of sp³-hybridized carbons (Fsp3) is 0.500. The van der Waals surface area contributed by atoms with Crippen molar-refractivity contribution in [2.24, 2.45) is 0 Å². The molecule has 17 heavy (non-hydrogen) atoms. The van der Waals surface area contributed by atoms with Crippen LogP contribution in [0.2, 0.25) is 0 Å². The normalized spacial score (nSPS) is 14.4. The van der Waals surface area contributed by atoms with E-state index in [4.69, 9.17) is 16.7 Å². The molecule has 0 aliphatic carbocycles. The molecular weight excluding hydrogens is 242 g/mol. The molecule has 0 bridgehead atoms. The minimum absolute atomic E-state index is 0.00661. The zero-order chi connectivity index (χ0) is 12.8. The summed E-state index contributed by atoms with van der Waals surface area (Å²) in [5, 5.41) is 28.0. The average molecular weight is 260 g/mol. The Balaban J connectivity index is 2.73. The fourth-order valence-corrected chi connectivity index (χ4v) is 1.68. The summed E-state index contributed by atoms with van der Waals surface area (Å²) in [7, 11) is 1.87. The van der Waals surface area contributed by atoms with Gasteiger partial charge in [0.15, 0.2) is 0 Å². The van der Waals surface area contributed by atoms with Crippen molar-refractivity contribution in [2.45, 2.75) is 12.2 Å². The number of hydrogen-bond acceptors (Lipinski definition) is 4. The number of likely N-dealkylation sites (N-methyl/N-ethyl adjacent to an activating group) is 1. The highest BCUT2D eigenvalue weighted by Gasteiger charge is 2.17. The summed E-state index contributed by atoms with van der Waals surface area (Å²) in [6.45, 7) is 0.637. The van der Waals surface area contributed by atoms with E-state index in [0.717, 1.165) is 5.69 Å².